The van der Waals surface area contributed by atoms with Crippen molar-refractivity contribution in [3.63, 3.8) is 0 Å². The van der Waals surface area contributed by atoms with E-state index in [4.69, 9.17) is 9.47 Å². The Balaban J connectivity index is 1.59. The summed E-state index contributed by atoms with van der Waals surface area (Å²) in [5, 5.41) is 0. The van der Waals surface area contributed by atoms with Crippen molar-refractivity contribution >= 4 is 29.6 Å². The number of hydrogen-bond acceptors (Lipinski definition) is 5. The molecule has 3 aromatic rings. The highest BCUT2D eigenvalue weighted by molar-refractivity contribution is 8.04. The van der Waals surface area contributed by atoms with Crippen LogP contribution in [0.25, 0.3) is 6.08 Å². The van der Waals surface area contributed by atoms with E-state index in [1.807, 2.05) is 36.4 Å². The van der Waals surface area contributed by atoms with Crippen LogP contribution in [0.5, 0.6) is 11.5 Å². The van der Waals surface area contributed by atoms with E-state index in [0.29, 0.717) is 33.1 Å². The number of Topliss-reactive ketones (excluding diaryl/α,β-unsaturated/α-hetero) is 1. The number of fused-ring (bicyclic) bond motifs is 1. The summed E-state index contributed by atoms with van der Waals surface area (Å²) in [5.41, 5.74) is 1.79. The Morgan fingerprint density at radius 3 is 2.39 bits per heavy atom. The lowest BCUT2D eigenvalue weighted by molar-refractivity contribution is 0.0734. The van der Waals surface area contributed by atoms with Crippen molar-refractivity contribution in [3.05, 3.63) is 94.4 Å². The van der Waals surface area contributed by atoms with E-state index in [1.165, 1.54) is 11.8 Å². The van der Waals surface area contributed by atoms with Crippen molar-refractivity contribution in [2.24, 2.45) is 0 Å². The first-order valence-corrected chi connectivity index (χ1v) is 9.46. The molecule has 28 heavy (non-hydrogen) atoms. The first kappa shape index (κ1) is 18.1. The molecule has 0 unspecified atom stereocenters. The largest absolute Gasteiger partial charge is 0.497 e. The van der Waals surface area contributed by atoms with Crippen LogP contribution in [-0.4, -0.2) is 18.9 Å². The van der Waals surface area contributed by atoms with Crippen LogP contribution in [0.2, 0.25) is 0 Å². The number of rotatable bonds is 4. The van der Waals surface area contributed by atoms with Crippen molar-refractivity contribution in [3.8, 4) is 11.5 Å². The second kappa shape index (κ2) is 7.74. The zero-order valence-electron chi connectivity index (χ0n) is 15.0. The highest BCUT2D eigenvalue weighted by Gasteiger charge is 2.25. The van der Waals surface area contributed by atoms with Gasteiger partial charge in [-0.2, -0.15) is 0 Å². The van der Waals surface area contributed by atoms with Gasteiger partial charge in [-0.3, -0.25) is 4.79 Å². The summed E-state index contributed by atoms with van der Waals surface area (Å²) in [6.45, 7) is 0. The van der Waals surface area contributed by atoms with Gasteiger partial charge in [-0.15, -0.1) is 0 Å². The van der Waals surface area contributed by atoms with Crippen molar-refractivity contribution < 1.29 is 19.1 Å². The minimum Gasteiger partial charge on any atom is -0.497 e. The Labute approximate surface area is 166 Å². The molecule has 138 valence electrons. The fourth-order valence-corrected chi connectivity index (χ4v) is 3.90. The van der Waals surface area contributed by atoms with Crippen molar-refractivity contribution in [2.45, 2.75) is 4.90 Å². The average molecular weight is 388 g/mol. The maximum absolute atomic E-state index is 12.6. The summed E-state index contributed by atoms with van der Waals surface area (Å²) >= 11 is 1.42. The fourth-order valence-electron chi connectivity index (χ4n) is 2.86. The van der Waals surface area contributed by atoms with Crippen LogP contribution in [0.3, 0.4) is 0 Å². The number of methoxy groups -OCH3 is 1. The Kier molecular flexibility index (Phi) is 5.00. The summed E-state index contributed by atoms with van der Waals surface area (Å²) in [4.78, 5) is 26.6. The Bertz CT molecular complexity index is 1080. The molecule has 0 aliphatic carbocycles. The molecule has 5 heteroatoms. The van der Waals surface area contributed by atoms with Crippen molar-refractivity contribution in [1.82, 2.24) is 0 Å². The van der Waals surface area contributed by atoms with Crippen LogP contribution in [0.1, 0.15) is 26.3 Å². The molecule has 0 saturated heterocycles. The summed E-state index contributed by atoms with van der Waals surface area (Å²) in [6.07, 6.45) is 1.77. The number of carbonyl (C=O) groups is 2. The van der Waals surface area contributed by atoms with Crippen LogP contribution >= 0.6 is 11.8 Å². The standard InChI is InChI=1S/C23H16O4S/c1-26-17-12-10-15(11-13-17)23(25)27-19-8-4-2-6-16(19)14-21-22(24)18-7-3-5-9-20(18)28-21/h2-14H,1H3/b21-14+. The molecule has 0 bridgehead atoms. The number of ketones is 1. The third-order valence-electron chi connectivity index (χ3n) is 4.31. The number of carbonyl (C=O) groups excluding carboxylic acids is 2. The fraction of sp³-hybridized carbons (Fsp3) is 0.0435. The van der Waals surface area contributed by atoms with Crippen LogP contribution in [0, 0.1) is 0 Å². The Morgan fingerprint density at radius 1 is 0.929 bits per heavy atom. The van der Waals surface area contributed by atoms with Gasteiger partial charge in [0.2, 0.25) is 5.78 Å². The van der Waals surface area contributed by atoms with E-state index in [9.17, 15) is 9.59 Å². The molecule has 0 fully saturated rings. The number of allylic oxidation sites excluding steroid dienone is 1. The second-order valence-corrected chi connectivity index (χ2v) is 7.18. The summed E-state index contributed by atoms with van der Waals surface area (Å²) in [5.74, 6) is 0.581. The van der Waals surface area contributed by atoms with Gasteiger partial charge >= 0.3 is 5.97 Å². The predicted molar refractivity (Wildman–Crippen MR) is 109 cm³/mol. The molecule has 4 nitrogen and oxygen atoms in total. The quantitative estimate of drug-likeness (QED) is 0.347. The van der Waals surface area contributed by atoms with Gasteiger partial charge in [0, 0.05) is 16.0 Å². The molecule has 1 heterocycles. The number of ether oxygens (including phenoxy) is 2. The van der Waals surface area contributed by atoms with E-state index >= 15 is 0 Å². The van der Waals surface area contributed by atoms with Gasteiger partial charge in [-0.25, -0.2) is 4.79 Å². The molecular weight excluding hydrogens is 372 g/mol. The minimum absolute atomic E-state index is 0.0168. The molecular formula is C23H16O4S. The number of esters is 1. The summed E-state index contributed by atoms with van der Waals surface area (Å²) < 4.78 is 10.7. The lowest BCUT2D eigenvalue weighted by Crippen LogP contribution is -2.09. The third kappa shape index (κ3) is 3.57. The maximum Gasteiger partial charge on any atom is 0.343 e. The molecule has 1 aliphatic rings. The van der Waals surface area contributed by atoms with E-state index in [-0.39, 0.29) is 5.78 Å². The zero-order valence-corrected chi connectivity index (χ0v) is 15.9. The molecule has 0 spiro atoms. The monoisotopic (exact) mass is 388 g/mol. The van der Waals surface area contributed by atoms with Gasteiger partial charge in [0.25, 0.3) is 0 Å². The highest BCUT2D eigenvalue weighted by Crippen LogP contribution is 2.41. The van der Waals surface area contributed by atoms with Crippen LogP contribution in [-0.2, 0) is 0 Å². The lowest BCUT2D eigenvalue weighted by Gasteiger charge is -2.08. The Morgan fingerprint density at radius 2 is 1.64 bits per heavy atom. The number of hydrogen-bond donors (Lipinski definition) is 0. The molecule has 0 saturated carbocycles. The van der Waals surface area contributed by atoms with Crippen LogP contribution < -0.4 is 9.47 Å². The van der Waals surface area contributed by atoms with E-state index in [0.717, 1.165) is 4.90 Å². The van der Waals surface area contributed by atoms with Gasteiger partial charge in [-0.1, -0.05) is 42.1 Å². The number of para-hydroxylation sites is 1. The first-order valence-electron chi connectivity index (χ1n) is 8.64. The highest BCUT2D eigenvalue weighted by atomic mass is 32.2. The SMILES string of the molecule is COc1ccc(C(=O)Oc2ccccc2/C=C2/Sc3ccccc3C2=O)cc1. The van der Waals surface area contributed by atoms with E-state index in [1.54, 1.807) is 49.6 Å². The van der Waals surface area contributed by atoms with Crippen LogP contribution in [0.15, 0.2) is 82.6 Å². The maximum atomic E-state index is 12.6. The van der Waals surface area contributed by atoms with Crippen molar-refractivity contribution in [1.29, 1.82) is 0 Å². The van der Waals surface area contributed by atoms with Gasteiger partial charge in [-0.05, 0) is 48.5 Å². The predicted octanol–water partition coefficient (Wildman–Crippen LogP) is 5.24. The van der Waals surface area contributed by atoms with Crippen molar-refractivity contribution in [2.75, 3.05) is 7.11 Å². The average Bonchev–Trinajstić information content (AvgIpc) is 3.05. The molecule has 1 aliphatic heterocycles. The molecule has 0 N–H and O–H groups in total. The molecule has 4 rings (SSSR count). The topological polar surface area (TPSA) is 52.6 Å². The molecule has 0 amide bonds. The zero-order chi connectivity index (χ0) is 19.5. The number of benzene rings is 3. The lowest BCUT2D eigenvalue weighted by atomic mass is 10.1. The van der Waals surface area contributed by atoms with Gasteiger partial charge in [0.1, 0.15) is 11.5 Å². The summed E-state index contributed by atoms with van der Waals surface area (Å²) in [7, 11) is 1.57. The minimum atomic E-state index is -0.470. The smallest absolute Gasteiger partial charge is 0.343 e. The van der Waals surface area contributed by atoms with Crippen LogP contribution in [0.4, 0.5) is 0 Å². The number of thioether (sulfide) groups is 1. The first-order chi connectivity index (χ1) is 13.7. The molecule has 0 atom stereocenters. The van der Waals surface area contributed by atoms with Gasteiger partial charge < -0.3 is 9.47 Å². The summed E-state index contributed by atoms with van der Waals surface area (Å²) in [6, 6.07) is 21.4. The third-order valence-corrected chi connectivity index (χ3v) is 5.41. The normalized spacial score (nSPS) is 14.0. The molecule has 3 aromatic carbocycles. The molecule has 0 radical (unpaired) electrons. The Hall–Kier alpha value is -3.31. The van der Waals surface area contributed by atoms with Gasteiger partial charge in [0.15, 0.2) is 0 Å². The van der Waals surface area contributed by atoms with Gasteiger partial charge in [0.05, 0.1) is 17.6 Å². The molecule has 0 aromatic heterocycles. The van der Waals surface area contributed by atoms with E-state index < -0.39 is 5.97 Å². The second-order valence-electron chi connectivity index (χ2n) is 6.09. The van der Waals surface area contributed by atoms with E-state index in [2.05, 4.69) is 0 Å².